The Hall–Kier alpha value is -2.08. The second kappa shape index (κ2) is 5.37. The van der Waals surface area contributed by atoms with Crippen LogP contribution in [0.1, 0.15) is 10.4 Å². The van der Waals surface area contributed by atoms with Crippen molar-refractivity contribution in [2.75, 3.05) is 38.2 Å². The summed E-state index contributed by atoms with van der Waals surface area (Å²) in [6.45, 7) is 3.24. The molecule has 2 heterocycles. The van der Waals surface area contributed by atoms with Gasteiger partial charge in [-0.25, -0.2) is 9.18 Å². The Balaban J connectivity index is 2.12. The quantitative estimate of drug-likeness (QED) is 0.852. The zero-order valence-corrected chi connectivity index (χ0v) is 12.1. The standard InChI is InChI=1S/C15H18FN3O2/c1-18-9-11(15(20)21-2)10-3-4-12(13(16)14(10)18)19-7-5-17-6-8-19/h3-4,9,17H,5-8H2,1-2H3. The average Bonchev–Trinajstić information content (AvgIpc) is 2.85. The Morgan fingerprint density at radius 2 is 2.05 bits per heavy atom. The van der Waals surface area contributed by atoms with E-state index in [1.807, 2.05) is 4.90 Å². The highest BCUT2D eigenvalue weighted by Crippen LogP contribution is 2.30. The van der Waals surface area contributed by atoms with Gasteiger partial charge >= 0.3 is 5.97 Å². The van der Waals surface area contributed by atoms with Crippen molar-refractivity contribution >= 4 is 22.6 Å². The molecule has 0 saturated carbocycles. The van der Waals surface area contributed by atoms with Gasteiger partial charge in [0, 0.05) is 44.8 Å². The molecule has 0 bridgehead atoms. The van der Waals surface area contributed by atoms with Crippen molar-refractivity contribution in [1.29, 1.82) is 0 Å². The van der Waals surface area contributed by atoms with E-state index < -0.39 is 5.97 Å². The number of nitrogens with zero attached hydrogens (tertiary/aromatic N) is 2. The summed E-state index contributed by atoms with van der Waals surface area (Å²) in [6, 6.07) is 3.54. The number of benzene rings is 1. The molecule has 1 aromatic carbocycles. The highest BCUT2D eigenvalue weighted by molar-refractivity contribution is 6.05. The number of anilines is 1. The summed E-state index contributed by atoms with van der Waals surface area (Å²) in [7, 11) is 3.06. The highest BCUT2D eigenvalue weighted by atomic mass is 19.1. The molecule has 1 aromatic heterocycles. The minimum absolute atomic E-state index is 0.285. The van der Waals surface area contributed by atoms with E-state index in [9.17, 15) is 9.18 Å². The van der Waals surface area contributed by atoms with Crippen LogP contribution in [0.3, 0.4) is 0 Å². The number of hydrogen-bond donors (Lipinski definition) is 1. The summed E-state index contributed by atoms with van der Waals surface area (Å²) in [5.41, 5.74) is 1.41. The molecule has 6 heteroatoms. The van der Waals surface area contributed by atoms with Gasteiger partial charge in [0.05, 0.1) is 23.9 Å². The van der Waals surface area contributed by atoms with Crippen molar-refractivity contribution in [2.24, 2.45) is 7.05 Å². The van der Waals surface area contributed by atoms with Gasteiger partial charge in [0.1, 0.15) is 0 Å². The van der Waals surface area contributed by atoms with Crippen LogP contribution in [0.5, 0.6) is 0 Å². The summed E-state index contributed by atoms with van der Waals surface area (Å²) in [4.78, 5) is 13.8. The molecule has 112 valence electrons. The van der Waals surface area contributed by atoms with Gasteiger partial charge in [0.2, 0.25) is 0 Å². The van der Waals surface area contributed by atoms with Crippen LogP contribution in [-0.2, 0) is 11.8 Å². The van der Waals surface area contributed by atoms with Crippen molar-refractivity contribution < 1.29 is 13.9 Å². The molecule has 0 aliphatic carbocycles. The molecule has 0 unspecified atom stereocenters. The van der Waals surface area contributed by atoms with Crippen molar-refractivity contribution in [3.8, 4) is 0 Å². The first-order chi connectivity index (χ1) is 10.1. The minimum atomic E-state index is -0.449. The molecule has 1 fully saturated rings. The lowest BCUT2D eigenvalue weighted by atomic mass is 10.1. The van der Waals surface area contributed by atoms with Gasteiger partial charge in [-0.05, 0) is 12.1 Å². The number of methoxy groups -OCH3 is 1. The van der Waals surface area contributed by atoms with Gasteiger partial charge < -0.3 is 19.5 Å². The molecular weight excluding hydrogens is 273 g/mol. The summed E-state index contributed by atoms with van der Waals surface area (Å²) in [6.07, 6.45) is 1.61. The van der Waals surface area contributed by atoms with Gasteiger partial charge in [-0.3, -0.25) is 0 Å². The fourth-order valence-corrected chi connectivity index (χ4v) is 2.87. The maximum absolute atomic E-state index is 14.9. The molecule has 1 aliphatic rings. The molecule has 2 aromatic rings. The third-order valence-corrected chi connectivity index (χ3v) is 3.92. The zero-order chi connectivity index (χ0) is 15.0. The molecule has 0 spiro atoms. The van der Waals surface area contributed by atoms with Gasteiger partial charge in [0.25, 0.3) is 0 Å². The van der Waals surface area contributed by atoms with Gasteiger partial charge in [0.15, 0.2) is 5.82 Å². The smallest absolute Gasteiger partial charge is 0.340 e. The van der Waals surface area contributed by atoms with E-state index in [0.717, 1.165) is 26.2 Å². The third-order valence-electron chi connectivity index (χ3n) is 3.92. The van der Waals surface area contributed by atoms with Crippen LogP contribution in [0.2, 0.25) is 0 Å². The molecule has 0 radical (unpaired) electrons. The van der Waals surface area contributed by atoms with E-state index in [1.165, 1.54) is 7.11 Å². The minimum Gasteiger partial charge on any atom is -0.465 e. The fraction of sp³-hybridized carbons (Fsp3) is 0.400. The van der Waals surface area contributed by atoms with Crippen LogP contribution in [0.15, 0.2) is 18.3 Å². The fourth-order valence-electron chi connectivity index (χ4n) is 2.87. The van der Waals surface area contributed by atoms with E-state index in [0.29, 0.717) is 22.2 Å². The van der Waals surface area contributed by atoms with Crippen molar-refractivity contribution in [3.05, 3.63) is 29.7 Å². The summed E-state index contributed by atoms with van der Waals surface area (Å²) in [5, 5.41) is 3.83. The largest absolute Gasteiger partial charge is 0.465 e. The molecule has 21 heavy (non-hydrogen) atoms. The number of halogens is 1. The zero-order valence-electron chi connectivity index (χ0n) is 12.1. The lowest BCUT2D eigenvalue weighted by molar-refractivity contribution is 0.0603. The van der Waals surface area contributed by atoms with E-state index >= 15 is 0 Å². The summed E-state index contributed by atoms with van der Waals surface area (Å²) < 4.78 is 21.3. The molecular formula is C15H18FN3O2. The Labute approximate surface area is 122 Å². The Morgan fingerprint density at radius 1 is 1.33 bits per heavy atom. The number of aromatic nitrogens is 1. The number of rotatable bonds is 2. The number of carbonyl (C=O) groups is 1. The Kier molecular flexibility index (Phi) is 3.55. The first-order valence-electron chi connectivity index (χ1n) is 6.95. The molecule has 0 amide bonds. The summed E-state index contributed by atoms with van der Waals surface area (Å²) in [5.74, 6) is -0.734. The van der Waals surface area contributed by atoms with E-state index in [4.69, 9.17) is 4.74 Å². The first kappa shape index (κ1) is 13.9. The molecule has 5 nitrogen and oxygen atoms in total. The van der Waals surface area contributed by atoms with Crippen molar-refractivity contribution in [2.45, 2.75) is 0 Å². The second-order valence-electron chi connectivity index (χ2n) is 5.18. The van der Waals surface area contributed by atoms with Gasteiger partial charge in [-0.2, -0.15) is 0 Å². The lowest BCUT2D eigenvalue weighted by Crippen LogP contribution is -2.43. The predicted octanol–water partition coefficient (Wildman–Crippen LogP) is 1.51. The lowest BCUT2D eigenvalue weighted by Gasteiger charge is -2.29. The van der Waals surface area contributed by atoms with Crippen LogP contribution in [-0.4, -0.2) is 43.8 Å². The van der Waals surface area contributed by atoms with Gasteiger partial charge in [-0.1, -0.05) is 0 Å². The monoisotopic (exact) mass is 291 g/mol. The van der Waals surface area contributed by atoms with Crippen LogP contribution in [0, 0.1) is 5.82 Å². The van der Waals surface area contributed by atoms with Crippen LogP contribution in [0.25, 0.3) is 10.9 Å². The average molecular weight is 291 g/mol. The van der Waals surface area contributed by atoms with Crippen LogP contribution >= 0.6 is 0 Å². The molecule has 0 atom stereocenters. The number of hydrogen-bond acceptors (Lipinski definition) is 4. The topological polar surface area (TPSA) is 46.5 Å². The van der Waals surface area contributed by atoms with Crippen LogP contribution < -0.4 is 10.2 Å². The van der Waals surface area contributed by atoms with Crippen LogP contribution in [0.4, 0.5) is 10.1 Å². The van der Waals surface area contributed by atoms with Gasteiger partial charge in [-0.15, -0.1) is 0 Å². The number of ether oxygens (including phenoxy) is 1. The second-order valence-corrected chi connectivity index (χ2v) is 5.18. The maximum Gasteiger partial charge on any atom is 0.340 e. The summed E-state index contributed by atoms with van der Waals surface area (Å²) >= 11 is 0. The highest BCUT2D eigenvalue weighted by Gasteiger charge is 2.22. The number of fused-ring (bicyclic) bond motifs is 1. The number of nitrogens with one attached hydrogen (secondary N) is 1. The Bertz CT molecular complexity index is 690. The Morgan fingerprint density at radius 3 is 2.71 bits per heavy atom. The molecule has 3 rings (SSSR count). The van der Waals surface area contributed by atoms with Crippen molar-refractivity contribution in [1.82, 2.24) is 9.88 Å². The van der Waals surface area contributed by atoms with E-state index in [2.05, 4.69) is 5.32 Å². The maximum atomic E-state index is 14.9. The molecule has 1 saturated heterocycles. The van der Waals surface area contributed by atoms with E-state index in [-0.39, 0.29) is 5.82 Å². The predicted molar refractivity (Wildman–Crippen MR) is 79.3 cm³/mol. The van der Waals surface area contributed by atoms with Crippen molar-refractivity contribution in [3.63, 3.8) is 0 Å². The number of esters is 1. The first-order valence-corrected chi connectivity index (χ1v) is 6.95. The van der Waals surface area contributed by atoms with E-state index in [1.54, 1.807) is 29.9 Å². The number of carbonyl (C=O) groups excluding carboxylic acids is 1. The number of piperazine rings is 1. The SMILES string of the molecule is COC(=O)c1cn(C)c2c(F)c(N3CCNCC3)ccc12. The third kappa shape index (κ3) is 2.25. The normalized spacial score (nSPS) is 15.5. The molecule has 1 N–H and O–H groups in total. The number of aryl methyl sites for hydroxylation is 1. The molecule has 1 aliphatic heterocycles.